The lowest BCUT2D eigenvalue weighted by molar-refractivity contribution is 0.612. The second-order valence-corrected chi connectivity index (χ2v) is 6.13. The number of unbranched alkanes of at least 4 members (excludes halogenated alkanes) is 2. The number of hydrogen-bond donors (Lipinski definition) is 2. The SMILES string of the molecule is CCCCCNc1nc(N)nc(C)c1Cc1ccc(CCl)cc1F. The zero-order chi connectivity index (χ0) is 17.5. The van der Waals surface area contributed by atoms with Gasteiger partial charge in [0.05, 0.1) is 0 Å². The highest BCUT2D eigenvalue weighted by atomic mass is 35.5. The summed E-state index contributed by atoms with van der Waals surface area (Å²) in [5.41, 5.74) is 8.77. The quantitative estimate of drug-likeness (QED) is 0.545. The van der Waals surface area contributed by atoms with Crippen molar-refractivity contribution in [3.8, 4) is 0 Å². The van der Waals surface area contributed by atoms with Crippen molar-refractivity contribution in [1.29, 1.82) is 0 Å². The van der Waals surface area contributed by atoms with Gasteiger partial charge in [0.2, 0.25) is 5.95 Å². The maximum atomic E-state index is 14.3. The standard InChI is InChI=1S/C18H24ClFN4/c1-3-4-5-8-22-17-15(12(2)23-18(21)24-17)10-14-7-6-13(11-19)9-16(14)20/h6-7,9H,3-5,8,10-11H2,1-2H3,(H3,21,22,23,24). The number of aromatic nitrogens is 2. The number of hydrogen-bond acceptors (Lipinski definition) is 4. The summed E-state index contributed by atoms with van der Waals surface area (Å²) in [5, 5.41) is 3.32. The van der Waals surface area contributed by atoms with Gasteiger partial charge in [-0.3, -0.25) is 0 Å². The van der Waals surface area contributed by atoms with Gasteiger partial charge in [-0.15, -0.1) is 11.6 Å². The minimum absolute atomic E-state index is 0.229. The molecule has 2 rings (SSSR count). The van der Waals surface area contributed by atoms with Gasteiger partial charge in [-0.25, -0.2) is 9.37 Å². The van der Waals surface area contributed by atoms with Crippen LogP contribution in [-0.4, -0.2) is 16.5 Å². The summed E-state index contributed by atoms with van der Waals surface area (Å²) >= 11 is 5.75. The lowest BCUT2D eigenvalue weighted by Crippen LogP contribution is -2.12. The van der Waals surface area contributed by atoms with Crippen molar-refractivity contribution < 1.29 is 4.39 Å². The number of nitrogen functional groups attached to an aromatic ring is 1. The number of halogens is 2. The van der Waals surface area contributed by atoms with Crippen molar-refractivity contribution in [2.45, 2.75) is 45.4 Å². The lowest BCUT2D eigenvalue weighted by Gasteiger charge is -2.14. The van der Waals surface area contributed by atoms with E-state index in [-0.39, 0.29) is 11.8 Å². The number of nitrogens with one attached hydrogen (secondary N) is 1. The number of aryl methyl sites for hydroxylation is 1. The highest BCUT2D eigenvalue weighted by Gasteiger charge is 2.14. The fraction of sp³-hybridized carbons (Fsp3) is 0.444. The van der Waals surface area contributed by atoms with Gasteiger partial charge in [-0.2, -0.15) is 4.98 Å². The smallest absolute Gasteiger partial charge is 0.222 e. The molecule has 0 saturated heterocycles. The highest BCUT2D eigenvalue weighted by molar-refractivity contribution is 6.17. The maximum absolute atomic E-state index is 14.3. The zero-order valence-electron chi connectivity index (χ0n) is 14.2. The molecule has 3 N–H and O–H groups in total. The molecule has 1 aromatic heterocycles. The van der Waals surface area contributed by atoms with Gasteiger partial charge >= 0.3 is 0 Å². The van der Waals surface area contributed by atoms with Gasteiger partial charge in [0.15, 0.2) is 0 Å². The van der Waals surface area contributed by atoms with E-state index in [0.29, 0.717) is 23.7 Å². The van der Waals surface area contributed by atoms with Crippen molar-refractivity contribution >= 4 is 23.4 Å². The second kappa shape index (κ2) is 8.83. The fourth-order valence-electron chi connectivity index (χ4n) is 2.57. The summed E-state index contributed by atoms with van der Waals surface area (Å²) in [4.78, 5) is 8.52. The highest BCUT2D eigenvalue weighted by Crippen LogP contribution is 2.23. The van der Waals surface area contributed by atoms with E-state index in [1.807, 2.05) is 13.0 Å². The van der Waals surface area contributed by atoms with Crippen LogP contribution in [0.3, 0.4) is 0 Å². The van der Waals surface area contributed by atoms with Crippen LogP contribution >= 0.6 is 11.6 Å². The third-order valence-corrected chi connectivity index (χ3v) is 4.25. The van der Waals surface area contributed by atoms with E-state index in [2.05, 4.69) is 22.2 Å². The molecule has 24 heavy (non-hydrogen) atoms. The first kappa shape index (κ1) is 18.5. The zero-order valence-corrected chi connectivity index (χ0v) is 15.0. The average molecular weight is 351 g/mol. The van der Waals surface area contributed by atoms with Crippen LogP contribution in [0.15, 0.2) is 18.2 Å². The van der Waals surface area contributed by atoms with Crippen LogP contribution in [0.25, 0.3) is 0 Å². The summed E-state index contributed by atoms with van der Waals surface area (Å²) in [6.07, 6.45) is 3.77. The molecule has 0 aliphatic heterocycles. The van der Waals surface area contributed by atoms with E-state index in [4.69, 9.17) is 17.3 Å². The molecule has 0 spiro atoms. The first-order valence-corrected chi connectivity index (χ1v) is 8.78. The van der Waals surface area contributed by atoms with Crippen molar-refractivity contribution in [3.05, 3.63) is 46.4 Å². The molecule has 6 heteroatoms. The normalized spacial score (nSPS) is 10.8. The van der Waals surface area contributed by atoms with Gasteiger partial charge in [0.25, 0.3) is 0 Å². The van der Waals surface area contributed by atoms with Gasteiger partial charge in [-0.05, 0) is 30.5 Å². The van der Waals surface area contributed by atoms with Crippen molar-refractivity contribution in [3.63, 3.8) is 0 Å². The Balaban J connectivity index is 2.24. The molecule has 0 bridgehead atoms. The van der Waals surface area contributed by atoms with Gasteiger partial charge in [0.1, 0.15) is 11.6 Å². The molecule has 0 aliphatic rings. The molecular weight excluding hydrogens is 327 g/mol. The topological polar surface area (TPSA) is 63.8 Å². The Bertz CT molecular complexity index is 691. The van der Waals surface area contributed by atoms with Crippen LogP contribution < -0.4 is 11.1 Å². The van der Waals surface area contributed by atoms with Crippen molar-refractivity contribution in [2.75, 3.05) is 17.6 Å². The molecule has 0 amide bonds. The minimum atomic E-state index is -0.263. The van der Waals surface area contributed by atoms with Crippen LogP contribution in [0.5, 0.6) is 0 Å². The van der Waals surface area contributed by atoms with Crippen LogP contribution in [0.4, 0.5) is 16.2 Å². The molecule has 0 unspecified atom stereocenters. The number of nitrogens with zero attached hydrogens (tertiary/aromatic N) is 2. The molecule has 1 heterocycles. The first-order valence-electron chi connectivity index (χ1n) is 8.25. The molecule has 0 atom stereocenters. The van der Waals surface area contributed by atoms with E-state index in [1.165, 1.54) is 6.07 Å². The van der Waals surface area contributed by atoms with Gasteiger partial charge < -0.3 is 11.1 Å². The Hall–Kier alpha value is -1.88. The Morgan fingerprint density at radius 2 is 2.04 bits per heavy atom. The van der Waals surface area contributed by atoms with Gasteiger partial charge in [-0.1, -0.05) is 31.9 Å². The Morgan fingerprint density at radius 3 is 2.71 bits per heavy atom. The molecule has 0 fully saturated rings. The minimum Gasteiger partial charge on any atom is -0.370 e. The lowest BCUT2D eigenvalue weighted by atomic mass is 10.0. The summed E-state index contributed by atoms with van der Waals surface area (Å²) < 4.78 is 14.3. The van der Waals surface area contributed by atoms with Crippen molar-refractivity contribution in [1.82, 2.24) is 9.97 Å². The predicted molar refractivity (Wildman–Crippen MR) is 98.0 cm³/mol. The summed E-state index contributed by atoms with van der Waals surface area (Å²) in [5.74, 6) is 0.955. The third kappa shape index (κ3) is 4.81. The summed E-state index contributed by atoms with van der Waals surface area (Å²) in [6, 6.07) is 5.08. The number of rotatable bonds is 8. The molecule has 2 aromatic rings. The predicted octanol–water partition coefficient (Wildman–Crippen LogP) is 4.44. The molecule has 130 valence electrons. The van der Waals surface area contributed by atoms with E-state index in [9.17, 15) is 4.39 Å². The van der Waals surface area contributed by atoms with Crippen molar-refractivity contribution in [2.24, 2.45) is 0 Å². The van der Waals surface area contributed by atoms with E-state index in [1.54, 1.807) is 6.07 Å². The van der Waals surface area contributed by atoms with E-state index >= 15 is 0 Å². The molecule has 0 saturated carbocycles. The maximum Gasteiger partial charge on any atom is 0.222 e. The summed E-state index contributed by atoms with van der Waals surface area (Å²) in [6.45, 7) is 4.84. The van der Waals surface area contributed by atoms with Gasteiger partial charge in [0, 0.05) is 30.1 Å². The molecule has 0 aliphatic carbocycles. The Kier molecular flexibility index (Phi) is 6.79. The largest absolute Gasteiger partial charge is 0.370 e. The fourth-order valence-corrected chi connectivity index (χ4v) is 2.73. The Labute approximate surface area is 147 Å². The van der Waals surface area contributed by atoms with Crippen LogP contribution in [0.1, 0.15) is 48.6 Å². The number of alkyl halides is 1. The van der Waals surface area contributed by atoms with E-state index < -0.39 is 0 Å². The van der Waals surface area contributed by atoms with Crippen LogP contribution in [0.2, 0.25) is 0 Å². The summed E-state index contributed by atoms with van der Waals surface area (Å²) in [7, 11) is 0. The Morgan fingerprint density at radius 1 is 1.25 bits per heavy atom. The number of anilines is 2. The second-order valence-electron chi connectivity index (χ2n) is 5.86. The molecular formula is C18H24ClFN4. The van der Waals surface area contributed by atoms with Crippen LogP contribution in [0, 0.1) is 12.7 Å². The number of nitrogens with two attached hydrogens (primary N) is 1. The molecule has 0 radical (unpaired) electrons. The molecule has 1 aromatic carbocycles. The monoisotopic (exact) mass is 350 g/mol. The first-order chi connectivity index (χ1) is 11.5. The average Bonchev–Trinajstić information content (AvgIpc) is 2.55. The molecule has 4 nitrogen and oxygen atoms in total. The number of benzene rings is 1. The van der Waals surface area contributed by atoms with Crippen LogP contribution in [-0.2, 0) is 12.3 Å². The third-order valence-electron chi connectivity index (χ3n) is 3.94. The van der Waals surface area contributed by atoms with E-state index in [0.717, 1.165) is 42.6 Å².